The molecule has 2 aromatic carbocycles. The van der Waals surface area contributed by atoms with Gasteiger partial charge in [0, 0.05) is 15.4 Å². The molecule has 0 heterocycles. The second kappa shape index (κ2) is 6.76. The van der Waals surface area contributed by atoms with Gasteiger partial charge < -0.3 is 4.74 Å². The van der Waals surface area contributed by atoms with Gasteiger partial charge in [-0.2, -0.15) is 10.5 Å². The van der Waals surface area contributed by atoms with E-state index in [4.69, 9.17) is 16.3 Å². The molecule has 1 aliphatic rings. The highest BCUT2D eigenvalue weighted by Gasteiger charge is 2.84. The van der Waals surface area contributed by atoms with Crippen LogP contribution in [-0.2, 0) is 14.9 Å². The van der Waals surface area contributed by atoms with Crippen LogP contribution in [0.3, 0.4) is 0 Å². The van der Waals surface area contributed by atoms with Crippen molar-refractivity contribution in [1.29, 1.82) is 10.5 Å². The molecule has 0 radical (unpaired) electrons. The molecule has 1 fully saturated rings. The van der Waals surface area contributed by atoms with Gasteiger partial charge in [-0.25, -0.2) is 0 Å². The standard InChI is InChI=1S/C20H14BrClN2O2/c1-2-26-18(25)20(12-24)17(13-3-7-15(21)8-4-13)19(20,11-23)14-5-9-16(22)10-6-14/h3-10,17H,2H2,1H3/t17-,19-,20-/m1/s1. The van der Waals surface area contributed by atoms with Crippen LogP contribution in [-0.4, -0.2) is 12.6 Å². The van der Waals surface area contributed by atoms with Crippen LogP contribution >= 0.6 is 27.5 Å². The van der Waals surface area contributed by atoms with Crippen molar-refractivity contribution in [3.05, 3.63) is 69.2 Å². The minimum absolute atomic E-state index is 0.136. The molecule has 1 aliphatic carbocycles. The van der Waals surface area contributed by atoms with Gasteiger partial charge in [-0.15, -0.1) is 0 Å². The number of rotatable bonds is 4. The first-order valence-corrected chi connectivity index (χ1v) is 9.16. The maximum atomic E-state index is 12.8. The zero-order chi connectivity index (χ0) is 18.9. The van der Waals surface area contributed by atoms with Gasteiger partial charge in [-0.3, -0.25) is 4.79 Å². The first-order valence-electron chi connectivity index (χ1n) is 7.99. The van der Waals surface area contributed by atoms with E-state index in [1.807, 2.05) is 24.3 Å². The number of nitrogens with zero attached hydrogens (tertiary/aromatic N) is 2. The maximum Gasteiger partial charge on any atom is 0.329 e. The number of halogens is 2. The number of hydrogen-bond donors (Lipinski definition) is 0. The third-order valence-electron chi connectivity index (χ3n) is 4.86. The smallest absolute Gasteiger partial charge is 0.329 e. The van der Waals surface area contributed by atoms with E-state index in [9.17, 15) is 15.3 Å². The molecule has 0 bridgehead atoms. The Morgan fingerprint density at radius 3 is 2.27 bits per heavy atom. The van der Waals surface area contributed by atoms with E-state index in [1.165, 1.54) is 0 Å². The number of ether oxygens (including phenoxy) is 1. The molecule has 130 valence electrons. The Morgan fingerprint density at radius 1 is 1.15 bits per heavy atom. The molecule has 3 atom stereocenters. The summed E-state index contributed by atoms with van der Waals surface area (Å²) in [5.41, 5.74) is -1.61. The van der Waals surface area contributed by atoms with E-state index in [0.717, 1.165) is 10.0 Å². The maximum absolute atomic E-state index is 12.8. The Hall–Kier alpha value is -2.34. The Bertz CT molecular complexity index is 930. The monoisotopic (exact) mass is 428 g/mol. The van der Waals surface area contributed by atoms with Crippen molar-refractivity contribution in [2.45, 2.75) is 18.3 Å². The lowest BCUT2D eigenvalue weighted by Gasteiger charge is -2.13. The van der Waals surface area contributed by atoms with Crippen LogP contribution in [0.4, 0.5) is 0 Å². The van der Waals surface area contributed by atoms with Gasteiger partial charge in [0.15, 0.2) is 5.41 Å². The highest BCUT2D eigenvalue weighted by molar-refractivity contribution is 9.10. The summed E-state index contributed by atoms with van der Waals surface area (Å²) in [5, 5.41) is 20.6. The lowest BCUT2D eigenvalue weighted by molar-refractivity contribution is -0.148. The molecule has 0 spiro atoms. The van der Waals surface area contributed by atoms with Crippen molar-refractivity contribution in [2.24, 2.45) is 5.41 Å². The van der Waals surface area contributed by atoms with E-state index in [0.29, 0.717) is 10.6 Å². The quantitative estimate of drug-likeness (QED) is 0.658. The van der Waals surface area contributed by atoms with Crippen molar-refractivity contribution in [3.63, 3.8) is 0 Å². The number of carbonyl (C=O) groups is 1. The highest BCUT2D eigenvalue weighted by atomic mass is 79.9. The number of benzene rings is 2. The second-order valence-electron chi connectivity index (χ2n) is 6.05. The van der Waals surface area contributed by atoms with E-state index < -0.39 is 22.7 Å². The van der Waals surface area contributed by atoms with Crippen LogP contribution in [0.1, 0.15) is 24.0 Å². The van der Waals surface area contributed by atoms with Crippen molar-refractivity contribution in [3.8, 4) is 12.1 Å². The van der Waals surface area contributed by atoms with Gasteiger partial charge >= 0.3 is 5.97 Å². The fraction of sp³-hybridized carbons (Fsp3) is 0.250. The highest BCUT2D eigenvalue weighted by Crippen LogP contribution is 2.74. The van der Waals surface area contributed by atoms with Crippen molar-refractivity contribution in [1.82, 2.24) is 0 Å². The number of carbonyl (C=O) groups excluding carboxylic acids is 1. The number of hydrogen-bond acceptors (Lipinski definition) is 4. The SMILES string of the molecule is CCOC(=O)[C@@]1(C#N)[C@H](c2ccc(Br)cc2)[C@@]1(C#N)c1ccc(Cl)cc1. The molecule has 26 heavy (non-hydrogen) atoms. The normalized spacial score (nSPS) is 26.4. The molecular weight excluding hydrogens is 416 g/mol. The van der Waals surface area contributed by atoms with Crippen LogP contribution in [0.5, 0.6) is 0 Å². The summed E-state index contributed by atoms with van der Waals surface area (Å²) >= 11 is 9.35. The summed E-state index contributed by atoms with van der Waals surface area (Å²) in [7, 11) is 0. The van der Waals surface area contributed by atoms with Crippen LogP contribution < -0.4 is 0 Å². The zero-order valence-corrected chi connectivity index (χ0v) is 16.2. The third kappa shape index (κ3) is 2.43. The molecule has 0 amide bonds. The molecule has 0 unspecified atom stereocenters. The lowest BCUT2D eigenvalue weighted by Crippen LogP contribution is -2.26. The van der Waals surface area contributed by atoms with Crippen LogP contribution in [0.2, 0.25) is 5.02 Å². The predicted molar refractivity (Wildman–Crippen MR) is 100 cm³/mol. The van der Waals surface area contributed by atoms with E-state index in [-0.39, 0.29) is 6.61 Å². The number of nitriles is 2. The van der Waals surface area contributed by atoms with Crippen LogP contribution in [0, 0.1) is 28.1 Å². The molecule has 4 nitrogen and oxygen atoms in total. The molecule has 0 N–H and O–H groups in total. The second-order valence-corrected chi connectivity index (χ2v) is 7.40. The van der Waals surface area contributed by atoms with Crippen molar-refractivity contribution < 1.29 is 9.53 Å². The summed E-state index contributed by atoms with van der Waals surface area (Å²) < 4.78 is 6.06. The summed E-state index contributed by atoms with van der Waals surface area (Å²) in [6, 6.07) is 18.3. The van der Waals surface area contributed by atoms with Crippen LogP contribution in [0.15, 0.2) is 53.0 Å². The van der Waals surface area contributed by atoms with Gasteiger partial charge in [0.2, 0.25) is 0 Å². The first-order chi connectivity index (χ1) is 12.5. The van der Waals surface area contributed by atoms with Gasteiger partial charge in [0.1, 0.15) is 5.41 Å². The van der Waals surface area contributed by atoms with Gasteiger partial charge in [-0.05, 0) is 42.3 Å². The first kappa shape index (κ1) is 18.5. The molecule has 6 heteroatoms. The van der Waals surface area contributed by atoms with Crippen LogP contribution in [0.25, 0.3) is 0 Å². The lowest BCUT2D eigenvalue weighted by atomic mass is 9.87. The third-order valence-corrected chi connectivity index (χ3v) is 5.64. The molecule has 0 aromatic heterocycles. The molecular formula is C20H14BrClN2O2. The Labute approximate surface area is 165 Å². The minimum atomic E-state index is -1.60. The van der Waals surface area contributed by atoms with E-state index in [1.54, 1.807) is 31.2 Å². The minimum Gasteiger partial charge on any atom is -0.465 e. The summed E-state index contributed by atoms with van der Waals surface area (Å²) in [5.74, 6) is -1.30. The number of esters is 1. The molecule has 3 rings (SSSR count). The van der Waals surface area contributed by atoms with Gasteiger partial charge in [0.05, 0.1) is 18.7 Å². The van der Waals surface area contributed by atoms with Gasteiger partial charge in [0.25, 0.3) is 0 Å². The topological polar surface area (TPSA) is 73.9 Å². The molecule has 0 aliphatic heterocycles. The van der Waals surface area contributed by atoms with Crippen molar-refractivity contribution >= 4 is 33.5 Å². The van der Waals surface area contributed by atoms with Gasteiger partial charge in [-0.1, -0.05) is 51.8 Å². The molecule has 1 saturated carbocycles. The fourth-order valence-corrected chi connectivity index (χ4v) is 4.07. The molecule has 0 saturated heterocycles. The summed E-state index contributed by atoms with van der Waals surface area (Å²) in [4.78, 5) is 12.8. The Kier molecular flexibility index (Phi) is 4.80. The predicted octanol–water partition coefficient (Wildman–Crippen LogP) is 4.73. The average molecular weight is 430 g/mol. The van der Waals surface area contributed by atoms with Crippen molar-refractivity contribution in [2.75, 3.05) is 6.61 Å². The molecule has 2 aromatic rings. The zero-order valence-electron chi connectivity index (χ0n) is 13.9. The van der Waals surface area contributed by atoms with E-state index in [2.05, 4.69) is 28.1 Å². The fourth-order valence-electron chi connectivity index (χ4n) is 3.68. The summed E-state index contributed by atoms with van der Waals surface area (Å²) in [6.45, 7) is 1.81. The Morgan fingerprint density at radius 2 is 1.77 bits per heavy atom. The largest absolute Gasteiger partial charge is 0.465 e. The summed E-state index contributed by atoms with van der Waals surface area (Å²) in [6.07, 6.45) is 0. The van der Waals surface area contributed by atoms with E-state index >= 15 is 0 Å². The average Bonchev–Trinajstić information content (AvgIpc) is 3.27. The Balaban J connectivity index is 2.23.